The largest absolute Gasteiger partial charge is 0.378 e. The third-order valence-electron chi connectivity index (χ3n) is 5.59. The first-order valence-electron chi connectivity index (χ1n) is 10.6. The molecule has 32 heavy (non-hydrogen) atoms. The van der Waals surface area contributed by atoms with E-state index in [4.69, 9.17) is 4.74 Å². The molecular formula is C24H23N5O3. The molecule has 1 aliphatic heterocycles. The van der Waals surface area contributed by atoms with Gasteiger partial charge in [0, 0.05) is 43.1 Å². The molecule has 0 bridgehead atoms. The van der Waals surface area contributed by atoms with Crippen LogP contribution in [0.25, 0.3) is 16.9 Å². The second-order valence-electron chi connectivity index (χ2n) is 7.60. The number of carbonyl (C=O) groups is 1. The number of para-hydroxylation sites is 1. The Labute approximate surface area is 184 Å². The topological polar surface area (TPSA) is 91.7 Å². The van der Waals surface area contributed by atoms with E-state index in [0.29, 0.717) is 36.7 Å². The lowest BCUT2D eigenvalue weighted by molar-refractivity contribution is 0.0952. The zero-order valence-corrected chi connectivity index (χ0v) is 17.5. The molecule has 4 aromatic rings. The van der Waals surface area contributed by atoms with Crippen molar-refractivity contribution in [2.75, 3.05) is 31.2 Å². The van der Waals surface area contributed by atoms with Crippen molar-refractivity contribution in [3.63, 3.8) is 0 Å². The van der Waals surface area contributed by atoms with Crippen LogP contribution < -0.4 is 15.8 Å². The number of anilines is 1. The lowest BCUT2D eigenvalue weighted by atomic mass is 10.1. The van der Waals surface area contributed by atoms with Crippen molar-refractivity contribution < 1.29 is 9.53 Å². The molecule has 0 spiro atoms. The lowest BCUT2D eigenvalue weighted by Gasteiger charge is -2.30. The summed E-state index contributed by atoms with van der Waals surface area (Å²) < 4.78 is 6.73. The van der Waals surface area contributed by atoms with E-state index in [1.54, 1.807) is 0 Å². The maximum Gasteiger partial charge on any atom is 0.273 e. The molecule has 2 aromatic carbocycles. The smallest absolute Gasteiger partial charge is 0.273 e. The maximum absolute atomic E-state index is 13.0. The molecule has 5 rings (SSSR count). The van der Waals surface area contributed by atoms with Crippen LogP contribution >= 0.6 is 0 Å². The van der Waals surface area contributed by atoms with Gasteiger partial charge in [0.2, 0.25) is 0 Å². The third kappa shape index (κ3) is 3.88. The highest BCUT2D eigenvalue weighted by molar-refractivity contribution is 5.99. The molecule has 2 N–H and O–H groups in total. The number of hydrogen-bond acceptors (Lipinski definition) is 5. The van der Waals surface area contributed by atoms with Gasteiger partial charge in [-0.25, -0.2) is 9.50 Å². The number of aromatic nitrogens is 3. The van der Waals surface area contributed by atoms with Crippen LogP contribution in [0.4, 0.5) is 5.69 Å². The van der Waals surface area contributed by atoms with Crippen molar-refractivity contribution in [2.24, 2.45) is 0 Å². The molecule has 1 aliphatic rings. The average molecular weight is 429 g/mol. The number of amides is 1. The van der Waals surface area contributed by atoms with E-state index < -0.39 is 0 Å². The molecule has 2 aromatic heterocycles. The number of H-pyrrole nitrogens is 1. The number of hydrogen-bond donors (Lipinski definition) is 2. The van der Waals surface area contributed by atoms with Crippen LogP contribution in [0.2, 0.25) is 0 Å². The lowest BCUT2D eigenvalue weighted by Crippen LogP contribution is -2.37. The van der Waals surface area contributed by atoms with E-state index in [1.807, 2.05) is 48.5 Å². The van der Waals surface area contributed by atoms with Gasteiger partial charge in [-0.15, -0.1) is 0 Å². The summed E-state index contributed by atoms with van der Waals surface area (Å²) in [6.45, 7) is 3.40. The fraction of sp³-hybridized carbons (Fsp3) is 0.208. The van der Waals surface area contributed by atoms with E-state index in [0.717, 1.165) is 29.9 Å². The number of aromatic amines is 1. The minimum absolute atomic E-state index is 0.273. The highest BCUT2D eigenvalue weighted by Crippen LogP contribution is 2.22. The molecule has 1 amide bonds. The summed E-state index contributed by atoms with van der Waals surface area (Å²) >= 11 is 0. The van der Waals surface area contributed by atoms with Crippen molar-refractivity contribution >= 4 is 17.2 Å². The first kappa shape index (κ1) is 20.0. The fourth-order valence-electron chi connectivity index (χ4n) is 3.95. The van der Waals surface area contributed by atoms with Crippen LogP contribution in [0.15, 0.2) is 71.7 Å². The predicted octanol–water partition coefficient (Wildman–Crippen LogP) is 2.46. The summed E-state index contributed by atoms with van der Waals surface area (Å²) in [5.41, 5.74) is 3.82. The molecule has 0 saturated carbocycles. The maximum atomic E-state index is 13.0. The summed E-state index contributed by atoms with van der Waals surface area (Å²) in [4.78, 5) is 32.4. The predicted molar refractivity (Wildman–Crippen MR) is 122 cm³/mol. The van der Waals surface area contributed by atoms with Crippen LogP contribution in [0.3, 0.4) is 0 Å². The number of benzene rings is 2. The number of nitrogens with one attached hydrogen (secondary N) is 2. The summed E-state index contributed by atoms with van der Waals surface area (Å²) in [5, 5.41) is 5.82. The van der Waals surface area contributed by atoms with Gasteiger partial charge >= 0.3 is 0 Å². The fourth-order valence-corrected chi connectivity index (χ4v) is 3.95. The Morgan fingerprint density at radius 1 is 1.06 bits per heavy atom. The van der Waals surface area contributed by atoms with Gasteiger partial charge in [-0.3, -0.25) is 14.7 Å². The number of nitrogens with zero attached hydrogens (tertiary/aromatic N) is 3. The van der Waals surface area contributed by atoms with Gasteiger partial charge in [0.05, 0.1) is 18.9 Å². The first-order valence-corrected chi connectivity index (χ1v) is 10.6. The van der Waals surface area contributed by atoms with Gasteiger partial charge < -0.3 is 15.0 Å². The molecule has 0 unspecified atom stereocenters. The molecular weight excluding hydrogens is 406 g/mol. The summed E-state index contributed by atoms with van der Waals surface area (Å²) in [7, 11) is 0. The molecule has 162 valence electrons. The molecule has 0 atom stereocenters. The van der Waals surface area contributed by atoms with Crippen molar-refractivity contribution in [3.05, 3.63) is 88.3 Å². The molecule has 8 nitrogen and oxygen atoms in total. The Bertz CT molecular complexity index is 1310. The molecule has 0 radical (unpaired) electrons. The number of carbonyl (C=O) groups excluding carboxylic acids is 1. The van der Waals surface area contributed by atoms with E-state index >= 15 is 0 Å². The molecule has 1 fully saturated rings. The Balaban J connectivity index is 1.40. The second kappa shape index (κ2) is 8.68. The Morgan fingerprint density at radius 3 is 2.62 bits per heavy atom. The monoisotopic (exact) mass is 429 g/mol. The van der Waals surface area contributed by atoms with Crippen molar-refractivity contribution in [1.82, 2.24) is 19.9 Å². The van der Waals surface area contributed by atoms with Crippen LogP contribution in [0, 0.1) is 0 Å². The van der Waals surface area contributed by atoms with Gasteiger partial charge in [0.1, 0.15) is 5.56 Å². The number of fused-ring (bicyclic) bond motifs is 1. The number of rotatable bonds is 5. The van der Waals surface area contributed by atoms with Crippen LogP contribution in [-0.4, -0.2) is 46.8 Å². The van der Waals surface area contributed by atoms with Crippen molar-refractivity contribution in [1.29, 1.82) is 0 Å². The molecule has 3 heterocycles. The average Bonchev–Trinajstić information content (AvgIpc) is 3.29. The van der Waals surface area contributed by atoms with Gasteiger partial charge in [-0.1, -0.05) is 48.5 Å². The van der Waals surface area contributed by atoms with Crippen LogP contribution in [0.1, 0.15) is 15.9 Å². The van der Waals surface area contributed by atoms with E-state index in [-0.39, 0.29) is 11.5 Å². The number of morpholine rings is 1. The first-order chi connectivity index (χ1) is 15.7. The van der Waals surface area contributed by atoms with E-state index in [1.165, 1.54) is 16.8 Å². The SMILES string of the molecule is O=C(NCc1ccccc1N1CCOCC1)c1c[nH]n2c(=O)cc(-c3ccccc3)nc12. The Hall–Kier alpha value is -3.91. The van der Waals surface area contributed by atoms with Gasteiger partial charge in [0.15, 0.2) is 5.65 Å². The normalized spacial score (nSPS) is 13.9. The van der Waals surface area contributed by atoms with Gasteiger partial charge in [-0.05, 0) is 11.6 Å². The zero-order chi connectivity index (χ0) is 21.9. The zero-order valence-electron chi connectivity index (χ0n) is 17.5. The van der Waals surface area contributed by atoms with E-state index in [9.17, 15) is 9.59 Å². The van der Waals surface area contributed by atoms with Crippen LogP contribution in [-0.2, 0) is 11.3 Å². The highest BCUT2D eigenvalue weighted by atomic mass is 16.5. The Morgan fingerprint density at radius 2 is 1.81 bits per heavy atom. The molecule has 8 heteroatoms. The molecule has 0 aliphatic carbocycles. The van der Waals surface area contributed by atoms with Crippen molar-refractivity contribution in [2.45, 2.75) is 6.54 Å². The Kier molecular flexibility index (Phi) is 5.43. The summed E-state index contributed by atoms with van der Waals surface area (Å²) in [5.74, 6) is -0.294. The quantitative estimate of drug-likeness (QED) is 0.509. The summed E-state index contributed by atoms with van der Waals surface area (Å²) in [6, 6.07) is 18.9. The number of ether oxygens (including phenoxy) is 1. The second-order valence-corrected chi connectivity index (χ2v) is 7.60. The minimum Gasteiger partial charge on any atom is -0.378 e. The van der Waals surface area contributed by atoms with Crippen molar-refractivity contribution in [3.8, 4) is 11.3 Å². The van der Waals surface area contributed by atoms with Gasteiger partial charge in [0.25, 0.3) is 11.5 Å². The van der Waals surface area contributed by atoms with Crippen LogP contribution in [0.5, 0.6) is 0 Å². The molecule has 1 saturated heterocycles. The van der Waals surface area contributed by atoms with Gasteiger partial charge in [-0.2, -0.15) is 0 Å². The third-order valence-corrected chi connectivity index (χ3v) is 5.59. The summed E-state index contributed by atoms with van der Waals surface area (Å²) in [6.07, 6.45) is 1.52. The highest BCUT2D eigenvalue weighted by Gasteiger charge is 2.18. The van der Waals surface area contributed by atoms with E-state index in [2.05, 4.69) is 26.4 Å². The standard InChI is InChI=1S/C24H23N5O3/c30-22-14-20(17-6-2-1-3-7-17)27-23-19(16-26-29(22)23)24(31)25-15-18-8-4-5-9-21(18)28-10-12-32-13-11-28/h1-9,14,16,26H,10-13,15H2,(H,25,31). The minimum atomic E-state index is -0.294.